The van der Waals surface area contributed by atoms with Gasteiger partial charge in [-0.2, -0.15) is 0 Å². The minimum absolute atomic E-state index is 0.0212. The summed E-state index contributed by atoms with van der Waals surface area (Å²) in [4.78, 5) is 2.52. The van der Waals surface area contributed by atoms with Gasteiger partial charge < -0.3 is 9.32 Å². The van der Waals surface area contributed by atoms with Gasteiger partial charge in [-0.15, -0.1) is 0 Å². The fraction of sp³-hybridized carbons (Fsp3) is 0.132. The number of fused-ring (bicyclic) bond motifs is 7. The highest BCUT2D eigenvalue weighted by molar-refractivity contribution is 6.11. The summed E-state index contributed by atoms with van der Waals surface area (Å²) in [5.74, 6) is 0. The molecule has 9 aromatic rings. The molecule has 0 saturated heterocycles. The number of furan rings is 1. The lowest BCUT2D eigenvalue weighted by Gasteiger charge is -2.32. The number of rotatable bonds is 5. The predicted molar refractivity (Wildman–Crippen MR) is 233 cm³/mol. The summed E-state index contributed by atoms with van der Waals surface area (Å²) < 4.78 is 6.33. The summed E-state index contributed by atoms with van der Waals surface area (Å²) in [6, 6.07) is 62.5. The molecule has 1 aliphatic carbocycles. The Labute approximate surface area is 323 Å². The summed E-state index contributed by atoms with van der Waals surface area (Å²) in [5.41, 5.74) is 16.4. The molecular formula is C53H43NO. The lowest BCUT2D eigenvalue weighted by molar-refractivity contribution is 0.590. The highest BCUT2D eigenvalue weighted by Crippen LogP contribution is 2.53. The highest BCUT2D eigenvalue weighted by atomic mass is 16.3. The minimum Gasteiger partial charge on any atom is -0.456 e. The molecule has 1 aliphatic rings. The molecule has 0 N–H and O–H groups in total. The van der Waals surface area contributed by atoms with Gasteiger partial charge in [0, 0.05) is 33.0 Å². The quantitative estimate of drug-likeness (QED) is 0.177. The fourth-order valence-electron chi connectivity index (χ4n) is 8.93. The Morgan fingerprint density at radius 3 is 2.00 bits per heavy atom. The Morgan fingerprint density at radius 1 is 0.473 bits per heavy atom. The zero-order chi connectivity index (χ0) is 37.5. The SMILES string of the molecule is CC(C)(C)c1ccc(N(c2ccc3c(c2)-c2ccccc2C3(C)C)c2ccc3ccccc3c2-c2ccc3oc4ccccc4c3c2)c(-c2ccccc2)c1. The molecule has 1 aromatic heterocycles. The molecule has 0 saturated carbocycles. The first-order chi connectivity index (χ1) is 26.7. The second kappa shape index (κ2) is 12.3. The van der Waals surface area contributed by atoms with Crippen molar-refractivity contribution in [2.24, 2.45) is 0 Å². The van der Waals surface area contributed by atoms with Crippen LogP contribution in [0.15, 0.2) is 174 Å². The maximum Gasteiger partial charge on any atom is 0.135 e. The molecule has 266 valence electrons. The maximum absolute atomic E-state index is 6.33. The zero-order valence-electron chi connectivity index (χ0n) is 32.0. The van der Waals surface area contributed by atoms with E-state index >= 15 is 0 Å². The summed E-state index contributed by atoms with van der Waals surface area (Å²) in [6.07, 6.45) is 0. The van der Waals surface area contributed by atoms with E-state index in [2.05, 4.69) is 203 Å². The fourth-order valence-corrected chi connectivity index (χ4v) is 8.93. The molecule has 0 radical (unpaired) electrons. The highest BCUT2D eigenvalue weighted by Gasteiger charge is 2.36. The standard InChI is InChI=1S/C53H43NO/c1-52(2,3)37-25-29-47(42(32-37)34-15-7-6-8-16-34)54(38-26-27-46-43(33-38)40-19-11-13-21-45(40)53(46,4)5)48-28-23-35-17-9-10-18-39(35)51(48)36-24-30-50-44(31-36)41-20-12-14-22-49(41)55-50/h6-33H,1-5H3. The van der Waals surface area contributed by atoms with Crippen LogP contribution in [-0.4, -0.2) is 0 Å². The first kappa shape index (κ1) is 33.2. The third-order valence-electron chi connectivity index (χ3n) is 11.8. The van der Waals surface area contributed by atoms with Gasteiger partial charge in [0.05, 0.1) is 11.4 Å². The second-order valence-corrected chi connectivity index (χ2v) is 16.6. The molecule has 2 nitrogen and oxygen atoms in total. The Kier molecular flexibility index (Phi) is 7.44. The summed E-state index contributed by atoms with van der Waals surface area (Å²) in [5, 5.41) is 4.66. The smallest absolute Gasteiger partial charge is 0.135 e. The van der Waals surface area contributed by atoms with Crippen LogP contribution in [0.5, 0.6) is 0 Å². The molecule has 0 fully saturated rings. The van der Waals surface area contributed by atoms with E-state index in [9.17, 15) is 0 Å². The molecule has 0 atom stereocenters. The van der Waals surface area contributed by atoms with Gasteiger partial charge in [0.1, 0.15) is 11.2 Å². The number of para-hydroxylation sites is 1. The van der Waals surface area contributed by atoms with Crippen molar-refractivity contribution in [1.29, 1.82) is 0 Å². The Bertz CT molecular complexity index is 2940. The number of benzene rings is 8. The normalized spacial score (nSPS) is 13.3. The molecule has 0 bridgehead atoms. The Morgan fingerprint density at radius 2 is 1.16 bits per heavy atom. The molecule has 0 amide bonds. The third-order valence-corrected chi connectivity index (χ3v) is 11.8. The molecule has 1 heterocycles. The van der Waals surface area contributed by atoms with Gasteiger partial charge in [0.25, 0.3) is 0 Å². The molecule has 0 unspecified atom stereocenters. The molecule has 55 heavy (non-hydrogen) atoms. The van der Waals surface area contributed by atoms with E-state index in [1.807, 2.05) is 6.07 Å². The van der Waals surface area contributed by atoms with E-state index in [4.69, 9.17) is 4.42 Å². The molecule has 2 heteroatoms. The van der Waals surface area contributed by atoms with Crippen molar-refractivity contribution in [1.82, 2.24) is 0 Å². The van der Waals surface area contributed by atoms with E-state index < -0.39 is 0 Å². The van der Waals surface area contributed by atoms with Gasteiger partial charge in [-0.1, -0.05) is 156 Å². The van der Waals surface area contributed by atoms with Crippen LogP contribution in [0.2, 0.25) is 0 Å². The molecule has 8 aromatic carbocycles. The lowest BCUT2D eigenvalue weighted by Crippen LogP contribution is -2.16. The van der Waals surface area contributed by atoms with Crippen LogP contribution in [0.4, 0.5) is 17.1 Å². The minimum atomic E-state index is -0.0876. The van der Waals surface area contributed by atoms with Crippen LogP contribution < -0.4 is 4.90 Å². The molecule has 0 spiro atoms. The predicted octanol–water partition coefficient (Wildman–Crippen LogP) is 15.1. The average molecular weight is 710 g/mol. The van der Waals surface area contributed by atoms with Gasteiger partial charge in [-0.3, -0.25) is 0 Å². The number of nitrogens with zero attached hydrogens (tertiary/aromatic N) is 1. The largest absolute Gasteiger partial charge is 0.456 e. The van der Waals surface area contributed by atoms with Crippen LogP contribution >= 0.6 is 0 Å². The zero-order valence-corrected chi connectivity index (χ0v) is 32.0. The second-order valence-electron chi connectivity index (χ2n) is 16.6. The lowest BCUT2D eigenvalue weighted by atomic mass is 9.82. The summed E-state index contributed by atoms with van der Waals surface area (Å²) >= 11 is 0. The van der Waals surface area contributed by atoms with Crippen LogP contribution in [0, 0.1) is 0 Å². The van der Waals surface area contributed by atoms with Crippen molar-refractivity contribution >= 4 is 49.8 Å². The first-order valence-corrected chi connectivity index (χ1v) is 19.3. The molecular weight excluding hydrogens is 667 g/mol. The van der Waals surface area contributed by atoms with Crippen LogP contribution in [0.3, 0.4) is 0 Å². The van der Waals surface area contributed by atoms with Crippen molar-refractivity contribution in [3.05, 3.63) is 187 Å². The third kappa shape index (κ3) is 5.31. The van der Waals surface area contributed by atoms with Gasteiger partial charge in [-0.25, -0.2) is 0 Å². The van der Waals surface area contributed by atoms with Gasteiger partial charge in [0.15, 0.2) is 0 Å². The monoisotopic (exact) mass is 709 g/mol. The van der Waals surface area contributed by atoms with Crippen LogP contribution in [0.1, 0.15) is 51.3 Å². The van der Waals surface area contributed by atoms with Gasteiger partial charge >= 0.3 is 0 Å². The topological polar surface area (TPSA) is 16.4 Å². The summed E-state index contributed by atoms with van der Waals surface area (Å²) in [6.45, 7) is 11.6. The van der Waals surface area contributed by atoms with E-state index in [0.29, 0.717) is 0 Å². The molecule has 0 aliphatic heterocycles. The maximum atomic E-state index is 6.33. The van der Waals surface area contributed by atoms with Crippen molar-refractivity contribution in [3.63, 3.8) is 0 Å². The van der Waals surface area contributed by atoms with Crippen LogP contribution in [-0.2, 0) is 10.8 Å². The van der Waals surface area contributed by atoms with E-state index in [1.54, 1.807) is 0 Å². The van der Waals surface area contributed by atoms with Gasteiger partial charge in [0.2, 0.25) is 0 Å². The van der Waals surface area contributed by atoms with Crippen molar-refractivity contribution in [2.45, 2.75) is 45.4 Å². The van der Waals surface area contributed by atoms with E-state index in [-0.39, 0.29) is 10.8 Å². The van der Waals surface area contributed by atoms with E-state index in [1.165, 1.54) is 55.3 Å². The van der Waals surface area contributed by atoms with Crippen molar-refractivity contribution in [3.8, 4) is 33.4 Å². The van der Waals surface area contributed by atoms with Crippen molar-refractivity contribution < 1.29 is 4.42 Å². The number of hydrogen-bond donors (Lipinski definition) is 0. The average Bonchev–Trinajstić information content (AvgIpc) is 3.69. The first-order valence-electron chi connectivity index (χ1n) is 19.3. The van der Waals surface area contributed by atoms with Crippen LogP contribution in [0.25, 0.3) is 66.1 Å². The number of anilines is 3. The number of hydrogen-bond acceptors (Lipinski definition) is 2. The van der Waals surface area contributed by atoms with Crippen molar-refractivity contribution in [2.75, 3.05) is 4.90 Å². The summed E-state index contributed by atoms with van der Waals surface area (Å²) in [7, 11) is 0. The molecule has 10 rings (SSSR count). The Balaban J connectivity index is 1.31. The van der Waals surface area contributed by atoms with E-state index in [0.717, 1.165) is 44.6 Å². The Hall–Kier alpha value is -6.38. The van der Waals surface area contributed by atoms with Gasteiger partial charge in [-0.05, 0) is 104 Å².